The van der Waals surface area contributed by atoms with Gasteiger partial charge in [0.15, 0.2) is 0 Å². The molecule has 0 saturated carbocycles. The first kappa shape index (κ1) is 35.8. The number of likely N-dealkylation sites (N-methyl/N-ethyl adjacent to an activating group) is 1. The number of alkyl carbamates (subject to hydrolysis) is 1. The molecule has 2 rings (SSSR count). The van der Waals surface area contributed by atoms with Gasteiger partial charge in [0, 0.05) is 38.4 Å². The molecule has 0 aliphatic heterocycles. The molecule has 43 heavy (non-hydrogen) atoms. The average molecular weight is 597 g/mol. The largest absolute Gasteiger partial charge is 0.444 e. The van der Waals surface area contributed by atoms with Gasteiger partial charge in [0.05, 0.1) is 6.10 Å². The maximum atomic E-state index is 14.0. The molecule has 0 saturated heterocycles. The highest BCUT2D eigenvalue weighted by Gasteiger charge is 2.51. The zero-order valence-electron chi connectivity index (χ0n) is 26.8. The molecule has 0 fully saturated rings. The number of benzene rings is 2. The summed E-state index contributed by atoms with van der Waals surface area (Å²) < 4.78 is 5.32. The first-order valence-corrected chi connectivity index (χ1v) is 15.2. The molecule has 2 aromatic carbocycles. The van der Waals surface area contributed by atoms with Crippen molar-refractivity contribution in [2.45, 2.75) is 83.5 Å². The van der Waals surface area contributed by atoms with Crippen molar-refractivity contribution in [3.05, 3.63) is 71.8 Å². The average Bonchev–Trinajstić information content (AvgIpc) is 2.94. The molecule has 0 spiro atoms. The van der Waals surface area contributed by atoms with E-state index in [1.54, 1.807) is 32.6 Å². The molecule has 3 amide bonds. The van der Waals surface area contributed by atoms with Crippen LogP contribution in [0.5, 0.6) is 0 Å². The molecule has 4 N–H and O–H groups in total. The number of nitrogens with zero attached hydrogens (tertiary/aromatic N) is 2. The normalized spacial score (nSPS) is 14.4. The van der Waals surface area contributed by atoms with Crippen LogP contribution in [0.1, 0.15) is 64.5 Å². The second-order valence-electron chi connectivity index (χ2n) is 12.6. The third-order valence-electron chi connectivity index (χ3n) is 7.68. The molecular formula is C34H52N4O5. The van der Waals surface area contributed by atoms with Crippen molar-refractivity contribution in [2.24, 2.45) is 11.7 Å². The fourth-order valence-electron chi connectivity index (χ4n) is 5.26. The van der Waals surface area contributed by atoms with Crippen LogP contribution < -0.4 is 11.1 Å². The number of unbranched alkanes of at least 4 members (excludes halogenated alkanes) is 2. The highest BCUT2D eigenvalue weighted by atomic mass is 16.6. The van der Waals surface area contributed by atoms with E-state index in [1.165, 1.54) is 5.56 Å². The molecule has 2 aromatic rings. The predicted molar refractivity (Wildman–Crippen MR) is 170 cm³/mol. The van der Waals surface area contributed by atoms with Crippen LogP contribution in [0, 0.1) is 5.92 Å². The Labute approximate surface area is 257 Å². The number of hydrogen-bond donors (Lipinski definition) is 3. The number of aliphatic hydroxyl groups is 1. The van der Waals surface area contributed by atoms with Crippen LogP contribution in [0.3, 0.4) is 0 Å². The molecule has 0 bridgehead atoms. The van der Waals surface area contributed by atoms with Crippen LogP contribution in [-0.2, 0) is 27.2 Å². The number of carbonyl (C=O) groups is 3. The summed E-state index contributed by atoms with van der Waals surface area (Å²) in [4.78, 5) is 43.5. The minimum atomic E-state index is -1.55. The van der Waals surface area contributed by atoms with Crippen LogP contribution in [0.15, 0.2) is 60.7 Å². The van der Waals surface area contributed by atoms with E-state index in [4.69, 9.17) is 10.5 Å². The van der Waals surface area contributed by atoms with Crippen molar-refractivity contribution < 1.29 is 24.2 Å². The highest BCUT2D eigenvalue weighted by molar-refractivity contribution is 5.91. The summed E-state index contributed by atoms with van der Waals surface area (Å²) in [7, 11) is 3.80. The molecule has 0 heterocycles. The SMILES string of the molecule is C[C@@H](C(O)CNC(=O)OC(C)(C)C)[C@](Cc1ccccc1)(C(N)=O)N(CCN(C)C)C(=O)CCCCCc1ccccc1. The van der Waals surface area contributed by atoms with Gasteiger partial charge in [-0.25, -0.2) is 4.79 Å². The zero-order chi connectivity index (χ0) is 32.0. The second kappa shape index (κ2) is 17.0. The summed E-state index contributed by atoms with van der Waals surface area (Å²) >= 11 is 0. The van der Waals surface area contributed by atoms with Crippen LogP contribution in [0.4, 0.5) is 4.79 Å². The molecule has 0 aromatic heterocycles. The van der Waals surface area contributed by atoms with Gasteiger partial charge in [-0.1, -0.05) is 74.0 Å². The summed E-state index contributed by atoms with van der Waals surface area (Å²) in [5.74, 6) is -1.70. The molecule has 1 unspecified atom stereocenters. The number of aliphatic hydroxyl groups excluding tert-OH is 1. The van der Waals surface area contributed by atoms with Crippen LogP contribution in [0.25, 0.3) is 0 Å². The van der Waals surface area contributed by atoms with E-state index in [0.29, 0.717) is 13.0 Å². The Kier molecular flexibility index (Phi) is 14.1. The Morgan fingerprint density at radius 1 is 0.907 bits per heavy atom. The minimum absolute atomic E-state index is 0.126. The number of rotatable bonds is 17. The monoisotopic (exact) mass is 596 g/mol. The third kappa shape index (κ3) is 11.6. The van der Waals surface area contributed by atoms with Crippen molar-refractivity contribution in [1.82, 2.24) is 15.1 Å². The molecule has 9 heteroatoms. The van der Waals surface area contributed by atoms with Gasteiger partial charge in [0.1, 0.15) is 11.1 Å². The summed E-state index contributed by atoms with van der Waals surface area (Å²) in [6.45, 7) is 7.54. The predicted octanol–water partition coefficient (Wildman–Crippen LogP) is 4.17. The van der Waals surface area contributed by atoms with Crippen molar-refractivity contribution in [3.63, 3.8) is 0 Å². The van der Waals surface area contributed by atoms with Crippen molar-refractivity contribution in [2.75, 3.05) is 33.7 Å². The lowest BCUT2D eigenvalue weighted by molar-refractivity contribution is -0.154. The molecule has 0 radical (unpaired) electrons. The minimum Gasteiger partial charge on any atom is -0.444 e. The van der Waals surface area contributed by atoms with Crippen LogP contribution in [0.2, 0.25) is 0 Å². The maximum Gasteiger partial charge on any atom is 0.407 e. The van der Waals surface area contributed by atoms with Crippen molar-refractivity contribution in [1.29, 1.82) is 0 Å². The quantitative estimate of drug-likeness (QED) is 0.236. The van der Waals surface area contributed by atoms with Gasteiger partial charge in [-0.15, -0.1) is 0 Å². The van der Waals surface area contributed by atoms with E-state index in [2.05, 4.69) is 17.4 Å². The number of carbonyl (C=O) groups excluding carboxylic acids is 3. The van der Waals surface area contributed by atoms with Gasteiger partial charge in [-0.3, -0.25) is 9.59 Å². The highest BCUT2D eigenvalue weighted by Crippen LogP contribution is 2.33. The number of ether oxygens (including phenoxy) is 1. The van der Waals surface area contributed by atoms with Crippen LogP contribution in [-0.4, -0.2) is 83.8 Å². The Morgan fingerprint density at radius 2 is 1.49 bits per heavy atom. The fraction of sp³-hybridized carbons (Fsp3) is 0.559. The van der Waals surface area contributed by atoms with Gasteiger partial charge >= 0.3 is 6.09 Å². The lowest BCUT2D eigenvalue weighted by Crippen LogP contribution is -2.68. The van der Waals surface area contributed by atoms with E-state index in [0.717, 1.165) is 24.8 Å². The molecule has 0 aliphatic carbocycles. The molecule has 0 aliphatic rings. The summed E-state index contributed by atoms with van der Waals surface area (Å²) in [6, 6.07) is 19.6. The standard InChI is InChI=1S/C34H52N4O5/c1-26(29(39)25-36-32(42)43-33(2,3)4)34(31(35)41,24-28-19-13-8-14-20-28)38(23-22-37(5)6)30(40)21-15-9-12-18-27-16-10-7-11-17-27/h7-8,10-11,13-14,16-17,19-20,26,29,39H,9,12,15,18,21-25H2,1-6H3,(H2,35,41)(H,36,42)/t26-,29?,34+/m0/s1. The van der Waals surface area contributed by atoms with E-state index in [9.17, 15) is 19.5 Å². The van der Waals surface area contributed by atoms with E-state index in [1.807, 2.05) is 67.5 Å². The number of nitrogens with one attached hydrogen (secondary N) is 1. The molecular weight excluding hydrogens is 544 g/mol. The first-order chi connectivity index (χ1) is 20.3. The van der Waals surface area contributed by atoms with Gasteiger partial charge in [-0.05, 0) is 65.3 Å². The Hall–Kier alpha value is -3.43. The molecule has 3 atom stereocenters. The van der Waals surface area contributed by atoms with E-state index >= 15 is 0 Å². The third-order valence-corrected chi connectivity index (χ3v) is 7.68. The van der Waals surface area contributed by atoms with Gasteiger partial charge < -0.3 is 30.7 Å². The Bertz CT molecular complexity index is 1140. The van der Waals surface area contributed by atoms with Crippen LogP contribution >= 0.6 is 0 Å². The van der Waals surface area contributed by atoms with E-state index in [-0.39, 0.29) is 31.8 Å². The summed E-state index contributed by atoms with van der Waals surface area (Å²) in [5, 5.41) is 14.0. The number of hydrogen-bond acceptors (Lipinski definition) is 6. The van der Waals surface area contributed by atoms with Crippen molar-refractivity contribution in [3.8, 4) is 0 Å². The number of primary amides is 1. The molecule has 238 valence electrons. The second-order valence-corrected chi connectivity index (χ2v) is 12.6. The lowest BCUT2D eigenvalue weighted by atomic mass is 9.74. The van der Waals surface area contributed by atoms with E-state index < -0.39 is 35.2 Å². The van der Waals surface area contributed by atoms with Crippen molar-refractivity contribution >= 4 is 17.9 Å². The summed E-state index contributed by atoms with van der Waals surface area (Å²) in [5.41, 5.74) is 6.03. The maximum absolute atomic E-state index is 14.0. The fourth-order valence-corrected chi connectivity index (χ4v) is 5.26. The van der Waals surface area contributed by atoms with Gasteiger partial charge in [0.25, 0.3) is 0 Å². The number of amides is 3. The van der Waals surface area contributed by atoms with Gasteiger partial charge in [-0.2, -0.15) is 0 Å². The smallest absolute Gasteiger partial charge is 0.407 e. The summed E-state index contributed by atoms with van der Waals surface area (Å²) in [6.07, 6.45) is 1.93. The first-order valence-electron chi connectivity index (χ1n) is 15.2. The molecule has 9 nitrogen and oxygen atoms in total. The zero-order valence-corrected chi connectivity index (χ0v) is 26.8. The Balaban J connectivity index is 2.34. The van der Waals surface area contributed by atoms with Gasteiger partial charge in [0.2, 0.25) is 11.8 Å². The number of nitrogens with two attached hydrogens (primary N) is 1. The topological polar surface area (TPSA) is 125 Å². The lowest BCUT2D eigenvalue weighted by Gasteiger charge is -2.47. The number of aryl methyl sites for hydroxylation is 1. The Morgan fingerprint density at radius 3 is 2.02 bits per heavy atom.